The van der Waals surface area contributed by atoms with Gasteiger partial charge in [0.15, 0.2) is 23.0 Å². The second kappa shape index (κ2) is 18.5. The summed E-state index contributed by atoms with van der Waals surface area (Å²) >= 11 is 0. The number of benzene rings is 2. The minimum atomic E-state index is -1.14. The third-order valence-corrected chi connectivity index (χ3v) is 6.62. The summed E-state index contributed by atoms with van der Waals surface area (Å²) in [7, 11) is 6.08. The zero-order valence-electron chi connectivity index (χ0n) is 26.1. The second-order valence-corrected chi connectivity index (χ2v) is 9.87. The molecule has 2 aromatic rings. The van der Waals surface area contributed by atoms with Crippen LogP contribution in [0.3, 0.4) is 0 Å². The fourth-order valence-corrected chi connectivity index (χ4v) is 4.36. The maximum atomic E-state index is 12.2. The summed E-state index contributed by atoms with van der Waals surface area (Å²) in [5.74, 6) is 1.73. The number of ether oxygens (including phenoxy) is 6. The fourth-order valence-electron chi connectivity index (χ4n) is 4.36. The third-order valence-electron chi connectivity index (χ3n) is 6.62. The number of carboxylic acid groups (broad SMARTS) is 2. The molecular weight excluding hydrogens is 560 g/mol. The van der Waals surface area contributed by atoms with E-state index < -0.39 is 12.1 Å². The first-order chi connectivity index (χ1) is 20.7. The predicted molar refractivity (Wildman–Crippen MR) is 161 cm³/mol. The van der Waals surface area contributed by atoms with Crippen LogP contribution in [0.4, 0.5) is 4.79 Å². The van der Waals surface area contributed by atoms with Crippen LogP contribution in [-0.2, 0) is 17.9 Å². The molecule has 0 aromatic heterocycles. The van der Waals surface area contributed by atoms with Gasteiger partial charge in [0.1, 0.15) is 0 Å². The largest absolute Gasteiger partial charge is 0.493 e. The molecule has 240 valence electrons. The van der Waals surface area contributed by atoms with Crippen molar-refractivity contribution in [3.63, 3.8) is 0 Å². The topological polar surface area (TPSA) is 136 Å². The maximum absolute atomic E-state index is 12.2. The first kappa shape index (κ1) is 35.1. The second-order valence-electron chi connectivity index (χ2n) is 9.87. The van der Waals surface area contributed by atoms with Gasteiger partial charge in [-0.1, -0.05) is 26.7 Å². The molecule has 0 saturated carbocycles. The van der Waals surface area contributed by atoms with Crippen molar-refractivity contribution in [2.24, 2.45) is 0 Å². The minimum absolute atomic E-state index is 0.0314. The molecule has 0 aliphatic heterocycles. The Morgan fingerprint density at radius 1 is 0.674 bits per heavy atom. The van der Waals surface area contributed by atoms with E-state index in [4.69, 9.17) is 28.4 Å². The molecule has 2 rings (SSSR count). The summed E-state index contributed by atoms with van der Waals surface area (Å²) < 4.78 is 33.8. The van der Waals surface area contributed by atoms with Crippen molar-refractivity contribution >= 4 is 12.1 Å². The zero-order chi connectivity index (χ0) is 31.8. The number of nitrogens with zero attached hydrogens (tertiary/aromatic N) is 2. The molecule has 0 aliphatic rings. The van der Waals surface area contributed by atoms with Crippen LogP contribution in [0.5, 0.6) is 34.5 Å². The van der Waals surface area contributed by atoms with Crippen LogP contribution in [0, 0.1) is 0 Å². The molecule has 0 bridgehead atoms. The molecule has 43 heavy (non-hydrogen) atoms. The summed E-state index contributed by atoms with van der Waals surface area (Å²) in [6.45, 7) is 5.29. The van der Waals surface area contributed by atoms with Gasteiger partial charge in [0.05, 0.1) is 48.2 Å². The summed E-state index contributed by atoms with van der Waals surface area (Å²) in [4.78, 5) is 26.8. The molecule has 0 unspecified atom stereocenters. The average Bonchev–Trinajstić information content (AvgIpc) is 2.99. The molecule has 0 aliphatic carbocycles. The van der Waals surface area contributed by atoms with Crippen molar-refractivity contribution < 1.29 is 48.2 Å². The van der Waals surface area contributed by atoms with Crippen LogP contribution in [0.1, 0.15) is 50.7 Å². The highest BCUT2D eigenvalue weighted by atomic mass is 16.5. The Kier molecular flexibility index (Phi) is 15.1. The highest BCUT2D eigenvalue weighted by molar-refractivity contribution is 5.69. The molecule has 0 atom stereocenters. The molecule has 0 fully saturated rings. The molecule has 2 aromatic carbocycles. The minimum Gasteiger partial charge on any atom is -0.493 e. The average molecular weight is 607 g/mol. The number of carboxylic acids is 1. The van der Waals surface area contributed by atoms with E-state index in [2.05, 4.69) is 13.8 Å². The van der Waals surface area contributed by atoms with Gasteiger partial charge in [0.25, 0.3) is 0 Å². The quantitative estimate of drug-likeness (QED) is 0.183. The monoisotopic (exact) mass is 606 g/mol. The Labute approximate surface area is 254 Å². The van der Waals surface area contributed by atoms with Crippen LogP contribution in [0.15, 0.2) is 24.3 Å². The van der Waals surface area contributed by atoms with E-state index in [-0.39, 0.29) is 32.7 Å². The lowest BCUT2D eigenvalue weighted by atomic mass is 10.1. The lowest BCUT2D eigenvalue weighted by Gasteiger charge is -2.26. The van der Waals surface area contributed by atoms with E-state index in [1.807, 2.05) is 0 Å². The molecule has 0 spiro atoms. The van der Waals surface area contributed by atoms with Crippen LogP contribution in [0.25, 0.3) is 0 Å². The van der Waals surface area contributed by atoms with E-state index in [9.17, 15) is 19.8 Å². The molecular formula is C31H46N2O10. The lowest BCUT2D eigenvalue weighted by Crippen LogP contribution is -2.39. The SMILES string of the molecule is CCCCOc1c(OC)cc(CN(CCN(Cc2cc(OC)c(OCCCC)c(OC)c2)C(=O)O)CC(=O)O)cc1OC. The zero-order valence-corrected chi connectivity index (χ0v) is 26.1. The van der Waals surface area contributed by atoms with Crippen LogP contribution < -0.4 is 28.4 Å². The van der Waals surface area contributed by atoms with Gasteiger partial charge in [-0.25, -0.2) is 4.79 Å². The number of unbranched alkanes of at least 4 members (excludes halogenated alkanes) is 2. The van der Waals surface area contributed by atoms with Gasteiger partial charge in [-0.2, -0.15) is 0 Å². The van der Waals surface area contributed by atoms with Crippen molar-refractivity contribution in [3.05, 3.63) is 35.4 Å². The molecule has 0 heterocycles. The number of hydrogen-bond acceptors (Lipinski definition) is 9. The van der Waals surface area contributed by atoms with E-state index in [0.717, 1.165) is 31.2 Å². The smallest absolute Gasteiger partial charge is 0.407 e. The van der Waals surface area contributed by atoms with Crippen molar-refractivity contribution in [1.29, 1.82) is 0 Å². The number of aliphatic carboxylic acids is 1. The third kappa shape index (κ3) is 10.9. The lowest BCUT2D eigenvalue weighted by molar-refractivity contribution is -0.138. The van der Waals surface area contributed by atoms with Crippen molar-refractivity contribution in [1.82, 2.24) is 9.80 Å². The van der Waals surface area contributed by atoms with Crippen molar-refractivity contribution in [2.75, 3.05) is 61.3 Å². The van der Waals surface area contributed by atoms with E-state index >= 15 is 0 Å². The summed E-state index contributed by atoms with van der Waals surface area (Å²) in [5, 5.41) is 19.6. The van der Waals surface area contributed by atoms with Crippen LogP contribution >= 0.6 is 0 Å². The highest BCUT2D eigenvalue weighted by Crippen LogP contribution is 2.40. The first-order valence-electron chi connectivity index (χ1n) is 14.4. The first-order valence-corrected chi connectivity index (χ1v) is 14.4. The summed E-state index contributed by atoms with van der Waals surface area (Å²) in [6.07, 6.45) is 2.53. The molecule has 12 nitrogen and oxygen atoms in total. The Hall–Kier alpha value is -4.06. The molecule has 0 radical (unpaired) electrons. The number of carbonyl (C=O) groups is 2. The molecule has 1 amide bonds. The Bertz CT molecular complexity index is 1120. The summed E-state index contributed by atoms with van der Waals surface area (Å²) in [5.41, 5.74) is 1.37. The van der Waals surface area contributed by atoms with Crippen LogP contribution in [-0.4, -0.2) is 93.4 Å². The van der Waals surface area contributed by atoms with Gasteiger partial charge in [-0.15, -0.1) is 0 Å². The fraction of sp³-hybridized carbons (Fsp3) is 0.548. The molecule has 0 saturated heterocycles. The standard InChI is InChI=1S/C31H46N2O10/c1-7-9-13-42-29-24(38-3)15-22(16-25(29)39-4)19-32(21-28(34)35)11-12-33(31(36)37)20-23-17-26(40-5)30(27(18-23)41-6)43-14-10-8-2/h15-18H,7-14,19-21H2,1-6H3,(H,34,35)(H,36,37). The number of hydrogen-bond donors (Lipinski definition) is 2. The van der Waals surface area contributed by atoms with E-state index in [1.54, 1.807) is 29.2 Å². The molecule has 12 heteroatoms. The summed E-state index contributed by atoms with van der Waals surface area (Å²) in [6, 6.07) is 6.99. The maximum Gasteiger partial charge on any atom is 0.407 e. The van der Waals surface area contributed by atoms with Gasteiger partial charge in [0.2, 0.25) is 11.5 Å². The van der Waals surface area contributed by atoms with Crippen LogP contribution in [0.2, 0.25) is 0 Å². The van der Waals surface area contributed by atoms with E-state index in [0.29, 0.717) is 53.3 Å². The normalized spacial score (nSPS) is 10.8. The van der Waals surface area contributed by atoms with E-state index in [1.165, 1.54) is 33.3 Å². The van der Waals surface area contributed by atoms with Gasteiger partial charge in [-0.3, -0.25) is 9.69 Å². The predicted octanol–water partition coefficient (Wildman–Crippen LogP) is 5.15. The highest BCUT2D eigenvalue weighted by Gasteiger charge is 2.21. The number of methoxy groups -OCH3 is 4. The Morgan fingerprint density at radius 2 is 1.09 bits per heavy atom. The Morgan fingerprint density at radius 3 is 1.44 bits per heavy atom. The Balaban J connectivity index is 2.24. The number of rotatable bonds is 21. The van der Waals surface area contributed by atoms with Gasteiger partial charge in [-0.05, 0) is 48.2 Å². The van der Waals surface area contributed by atoms with Gasteiger partial charge >= 0.3 is 12.1 Å². The van der Waals surface area contributed by atoms with Crippen molar-refractivity contribution in [3.8, 4) is 34.5 Å². The van der Waals surface area contributed by atoms with Crippen molar-refractivity contribution in [2.45, 2.75) is 52.6 Å². The molecule has 2 N–H and O–H groups in total. The van der Waals surface area contributed by atoms with Gasteiger partial charge in [0, 0.05) is 26.2 Å². The van der Waals surface area contributed by atoms with Gasteiger partial charge < -0.3 is 43.5 Å². The number of amides is 1.